The molecule has 21 heavy (non-hydrogen) atoms. The van der Waals surface area contributed by atoms with Gasteiger partial charge in [0.25, 0.3) is 5.91 Å². The Morgan fingerprint density at radius 2 is 1.76 bits per heavy atom. The van der Waals surface area contributed by atoms with E-state index in [-0.39, 0.29) is 19.5 Å². The summed E-state index contributed by atoms with van der Waals surface area (Å²) in [5.74, 6) is -2.24. The third kappa shape index (κ3) is 5.91. The molecule has 8 heteroatoms. The van der Waals surface area contributed by atoms with Crippen molar-refractivity contribution in [3.05, 3.63) is 29.8 Å². The highest BCUT2D eigenvalue weighted by molar-refractivity contribution is 5.96. The maximum absolute atomic E-state index is 11.7. The fourth-order valence-electron chi connectivity index (χ4n) is 1.43. The number of nitrogens with one attached hydrogen (secondary N) is 2. The van der Waals surface area contributed by atoms with Crippen LogP contribution >= 0.6 is 0 Å². The van der Waals surface area contributed by atoms with Gasteiger partial charge in [-0.15, -0.1) is 0 Å². The largest absolute Gasteiger partial charge is 0.479 e. The average Bonchev–Trinajstić information content (AvgIpc) is 2.45. The molecule has 0 aromatic heterocycles. The third-order valence-corrected chi connectivity index (χ3v) is 2.61. The monoisotopic (exact) mass is 295 g/mol. The summed E-state index contributed by atoms with van der Waals surface area (Å²) < 4.78 is 0. The van der Waals surface area contributed by atoms with Gasteiger partial charge in [0.2, 0.25) is 5.91 Å². The number of aliphatic hydroxyl groups is 1. The van der Waals surface area contributed by atoms with E-state index in [1.165, 1.54) is 12.1 Å². The van der Waals surface area contributed by atoms with Gasteiger partial charge in [-0.1, -0.05) is 0 Å². The highest BCUT2D eigenvalue weighted by Crippen LogP contribution is 2.04. The van der Waals surface area contributed by atoms with Gasteiger partial charge in [-0.25, -0.2) is 4.79 Å². The Balaban J connectivity index is 2.28. The molecule has 0 spiro atoms. The van der Waals surface area contributed by atoms with Gasteiger partial charge in [0.1, 0.15) is 0 Å². The van der Waals surface area contributed by atoms with Gasteiger partial charge in [-0.05, 0) is 24.3 Å². The number of anilines is 1. The smallest absolute Gasteiger partial charge is 0.332 e. The predicted octanol–water partition coefficient (Wildman–Crippen LogP) is -1.05. The molecular formula is C13H17N3O5. The number of aliphatic carboxylic acids is 1. The van der Waals surface area contributed by atoms with E-state index in [4.69, 9.17) is 15.9 Å². The SMILES string of the molecule is Nc1ccc(C(=O)NCC(=O)NCCC(O)C(=O)O)cc1. The molecule has 2 amide bonds. The molecular weight excluding hydrogens is 278 g/mol. The van der Waals surface area contributed by atoms with E-state index >= 15 is 0 Å². The van der Waals surface area contributed by atoms with Crippen molar-refractivity contribution in [2.24, 2.45) is 0 Å². The number of hydrogen-bond donors (Lipinski definition) is 5. The summed E-state index contributed by atoms with van der Waals surface area (Å²) in [6.07, 6.45) is -1.62. The van der Waals surface area contributed by atoms with Crippen molar-refractivity contribution in [1.29, 1.82) is 0 Å². The zero-order chi connectivity index (χ0) is 15.8. The number of amides is 2. The molecule has 1 aromatic carbocycles. The fourth-order valence-corrected chi connectivity index (χ4v) is 1.43. The summed E-state index contributed by atoms with van der Waals surface area (Å²) in [4.78, 5) is 33.4. The molecule has 8 nitrogen and oxygen atoms in total. The van der Waals surface area contributed by atoms with Crippen molar-refractivity contribution < 1.29 is 24.6 Å². The highest BCUT2D eigenvalue weighted by atomic mass is 16.4. The summed E-state index contributed by atoms with van der Waals surface area (Å²) in [6.45, 7) is -0.240. The molecule has 0 heterocycles. The Hall–Kier alpha value is -2.61. The van der Waals surface area contributed by atoms with Crippen LogP contribution in [-0.4, -0.2) is 47.2 Å². The topological polar surface area (TPSA) is 142 Å². The molecule has 0 radical (unpaired) electrons. The standard InChI is InChI=1S/C13H17N3O5/c14-9-3-1-8(2-4-9)12(19)16-7-11(18)15-6-5-10(17)13(20)21/h1-4,10,17H,5-7,14H2,(H,15,18)(H,16,19)(H,20,21). The molecule has 0 aliphatic heterocycles. The molecule has 1 aromatic rings. The van der Waals surface area contributed by atoms with E-state index in [9.17, 15) is 14.4 Å². The van der Waals surface area contributed by atoms with E-state index < -0.39 is 23.9 Å². The number of carboxylic acids is 1. The summed E-state index contributed by atoms with van der Waals surface area (Å²) in [5, 5.41) is 22.2. The lowest BCUT2D eigenvalue weighted by Crippen LogP contribution is -2.38. The second-order valence-corrected chi connectivity index (χ2v) is 4.30. The summed E-state index contributed by atoms with van der Waals surface area (Å²) in [7, 11) is 0. The molecule has 1 rings (SSSR count). The number of carbonyl (C=O) groups is 3. The average molecular weight is 295 g/mol. The Kier molecular flexibility index (Phi) is 6.15. The second-order valence-electron chi connectivity index (χ2n) is 4.30. The molecule has 114 valence electrons. The molecule has 0 bridgehead atoms. The predicted molar refractivity (Wildman–Crippen MR) is 74.5 cm³/mol. The first-order valence-electron chi connectivity index (χ1n) is 6.21. The molecule has 0 saturated carbocycles. The lowest BCUT2D eigenvalue weighted by Gasteiger charge is -2.08. The Morgan fingerprint density at radius 3 is 2.33 bits per heavy atom. The Labute approximate surface area is 120 Å². The van der Waals surface area contributed by atoms with E-state index in [1.807, 2.05) is 0 Å². The van der Waals surface area contributed by atoms with Gasteiger partial charge in [0.05, 0.1) is 6.54 Å². The van der Waals surface area contributed by atoms with Crippen LogP contribution in [0.15, 0.2) is 24.3 Å². The number of aliphatic hydroxyl groups excluding tert-OH is 1. The molecule has 0 aliphatic carbocycles. The molecule has 0 saturated heterocycles. The molecule has 0 aliphatic rings. The van der Waals surface area contributed by atoms with Crippen LogP contribution in [0.5, 0.6) is 0 Å². The first-order valence-corrected chi connectivity index (χ1v) is 6.21. The van der Waals surface area contributed by atoms with Crippen LogP contribution in [0.4, 0.5) is 5.69 Å². The molecule has 6 N–H and O–H groups in total. The van der Waals surface area contributed by atoms with E-state index in [1.54, 1.807) is 12.1 Å². The van der Waals surface area contributed by atoms with Crippen molar-refractivity contribution >= 4 is 23.5 Å². The maximum atomic E-state index is 11.7. The van der Waals surface area contributed by atoms with Crippen molar-refractivity contribution in [2.75, 3.05) is 18.8 Å². The summed E-state index contributed by atoms with van der Waals surface area (Å²) in [5.41, 5.74) is 6.39. The summed E-state index contributed by atoms with van der Waals surface area (Å²) >= 11 is 0. The van der Waals surface area contributed by atoms with Gasteiger partial charge in [0, 0.05) is 24.2 Å². The fraction of sp³-hybridized carbons (Fsp3) is 0.308. The molecule has 1 atom stereocenters. The number of nitrogen functional groups attached to an aromatic ring is 1. The number of carbonyl (C=O) groups excluding carboxylic acids is 2. The lowest BCUT2D eigenvalue weighted by molar-refractivity contribution is -0.147. The van der Waals surface area contributed by atoms with Gasteiger partial charge in [-0.2, -0.15) is 0 Å². The number of rotatable bonds is 7. The molecule has 0 fully saturated rings. The van der Waals surface area contributed by atoms with Gasteiger partial charge in [-0.3, -0.25) is 9.59 Å². The van der Waals surface area contributed by atoms with E-state index in [2.05, 4.69) is 10.6 Å². The zero-order valence-electron chi connectivity index (χ0n) is 11.2. The first-order chi connectivity index (χ1) is 9.90. The van der Waals surface area contributed by atoms with Crippen LogP contribution in [-0.2, 0) is 9.59 Å². The van der Waals surface area contributed by atoms with Crippen molar-refractivity contribution in [3.63, 3.8) is 0 Å². The minimum Gasteiger partial charge on any atom is -0.479 e. The normalized spacial score (nSPS) is 11.5. The van der Waals surface area contributed by atoms with E-state index in [0.717, 1.165) is 0 Å². The van der Waals surface area contributed by atoms with Crippen molar-refractivity contribution in [3.8, 4) is 0 Å². The number of nitrogens with two attached hydrogens (primary N) is 1. The second kappa shape index (κ2) is 7.85. The van der Waals surface area contributed by atoms with Gasteiger partial charge >= 0.3 is 5.97 Å². The van der Waals surface area contributed by atoms with Crippen LogP contribution in [0.25, 0.3) is 0 Å². The minimum atomic E-state index is -1.52. The quantitative estimate of drug-likeness (QED) is 0.406. The van der Waals surface area contributed by atoms with Crippen molar-refractivity contribution in [2.45, 2.75) is 12.5 Å². The lowest BCUT2D eigenvalue weighted by atomic mass is 10.2. The first kappa shape index (κ1) is 16.4. The molecule has 1 unspecified atom stereocenters. The van der Waals surface area contributed by atoms with Crippen LogP contribution in [0.1, 0.15) is 16.8 Å². The van der Waals surface area contributed by atoms with E-state index in [0.29, 0.717) is 11.3 Å². The van der Waals surface area contributed by atoms with Gasteiger partial charge in [0.15, 0.2) is 6.10 Å². The maximum Gasteiger partial charge on any atom is 0.332 e. The van der Waals surface area contributed by atoms with Crippen LogP contribution < -0.4 is 16.4 Å². The van der Waals surface area contributed by atoms with Crippen molar-refractivity contribution in [1.82, 2.24) is 10.6 Å². The third-order valence-electron chi connectivity index (χ3n) is 2.61. The number of benzene rings is 1. The minimum absolute atomic E-state index is 0.00401. The Bertz CT molecular complexity index is 515. The number of hydrogen-bond acceptors (Lipinski definition) is 5. The Morgan fingerprint density at radius 1 is 1.14 bits per heavy atom. The van der Waals surface area contributed by atoms with Crippen LogP contribution in [0.3, 0.4) is 0 Å². The van der Waals surface area contributed by atoms with Crippen LogP contribution in [0, 0.1) is 0 Å². The van der Waals surface area contributed by atoms with Crippen LogP contribution in [0.2, 0.25) is 0 Å². The summed E-state index contributed by atoms with van der Waals surface area (Å²) in [6, 6.07) is 6.21. The number of carboxylic acid groups (broad SMARTS) is 1. The zero-order valence-corrected chi connectivity index (χ0v) is 11.2. The highest BCUT2D eigenvalue weighted by Gasteiger charge is 2.13. The van der Waals surface area contributed by atoms with Gasteiger partial charge < -0.3 is 26.6 Å².